The van der Waals surface area contributed by atoms with E-state index in [9.17, 15) is 0 Å². The average molecular weight is 321 g/mol. The Kier molecular flexibility index (Phi) is 4.14. The molecule has 0 N–H and O–H groups in total. The Hall–Kier alpha value is -1.56. The number of aryl methyl sites for hydroxylation is 2. The quantitative estimate of drug-likeness (QED) is 0.570. The first kappa shape index (κ1) is 17.3. The highest BCUT2D eigenvalue weighted by atomic mass is 14.4. The summed E-state index contributed by atoms with van der Waals surface area (Å²) in [5.74, 6) is 0.441. The molecule has 0 aliphatic heterocycles. The molecule has 0 spiro atoms. The minimum Gasteiger partial charge on any atom is -0.0590 e. The molecule has 0 fully saturated rings. The molecule has 1 aliphatic carbocycles. The number of hydrogen-bond acceptors (Lipinski definition) is 0. The predicted octanol–water partition coefficient (Wildman–Crippen LogP) is 6.80. The molecule has 3 rings (SSSR count). The van der Waals surface area contributed by atoms with Gasteiger partial charge in [-0.25, -0.2) is 0 Å². The molecule has 1 atom stereocenters. The molecule has 0 saturated carbocycles. The topological polar surface area (TPSA) is 0 Å². The first-order chi connectivity index (χ1) is 11.1. The summed E-state index contributed by atoms with van der Waals surface area (Å²) < 4.78 is 0. The van der Waals surface area contributed by atoms with Crippen LogP contribution in [-0.2, 0) is 10.8 Å². The fourth-order valence-electron chi connectivity index (χ4n) is 4.24. The predicted molar refractivity (Wildman–Crippen MR) is 105 cm³/mol. The maximum Gasteiger partial charge on any atom is 0.00637 e. The van der Waals surface area contributed by atoms with E-state index in [1.54, 1.807) is 11.1 Å². The van der Waals surface area contributed by atoms with Gasteiger partial charge in [-0.05, 0) is 65.3 Å². The molecule has 0 saturated heterocycles. The van der Waals surface area contributed by atoms with Crippen LogP contribution in [0.1, 0.15) is 86.8 Å². The van der Waals surface area contributed by atoms with Crippen molar-refractivity contribution in [2.24, 2.45) is 0 Å². The van der Waals surface area contributed by atoms with Crippen molar-refractivity contribution in [2.75, 3.05) is 0 Å². The molecule has 0 heterocycles. The Morgan fingerprint density at radius 1 is 0.792 bits per heavy atom. The van der Waals surface area contributed by atoms with Gasteiger partial charge in [0.15, 0.2) is 0 Å². The lowest BCUT2D eigenvalue weighted by atomic mass is 9.62. The van der Waals surface area contributed by atoms with Crippen LogP contribution in [0.2, 0.25) is 0 Å². The van der Waals surface area contributed by atoms with Crippen molar-refractivity contribution in [1.82, 2.24) is 0 Å². The Morgan fingerprint density at radius 3 is 1.83 bits per heavy atom. The van der Waals surface area contributed by atoms with Crippen molar-refractivity contribution in [2.45, 2.75) is 78.1 Å². The molecule has 0 aromatic heterocycles. The highest BCUT2D eigenvalue weighted by Crippen LogP contribution is 2.47. The van der Waals surface area contributed by atoms with Gasteiger partial charge in [0, 0.05) is 5.92 Å². The lowest BCUT2D eigenvalue weighted by Gasteiger charge is -2.42. The molecule has 0 nitrogen and oxygen atoms in total. The summed E-state index contributed by atoms with van der Waals surface area (Å²) in [6.45, 7) is 16.4. The molecule has 0 bridgehead atoms. The zero-order chi connectivity index (χ0) is 17.7. The summed E-state index contributed by atoms with van der Waals surface area (Å²) >= 11 is 0. The van der Waals surface area contributed by atoms with Gasteiger partial charge in [0.2, 0.25) is 0 Å². The first-order valence-electron chi connectivity index (χ1n) is 9.34. The van der Waals surface area contributed by atoms with Crippen molar-refractivity contribution in [3.63, 3.8) is 0 Å². The molecule has 0 heteroatoms. The Labute approximate surface area is 148 Å². The molecular formula is C24H32. The van der Waals surface area contributed by atoms with Gasteiger partial charge in [0.05, 0.1) is 0 Å². The van der Waals surface area contributed by atoms with Gasteiger partial charge in [-0.3, -0.25) is 0 Å². The van der Waals surface area contributed by atoms with E-state index >= 15 is 0 Å². The second-order valence-corrected chi connectivity index (χ2v) is 9.15. The van der Waals surface area contributed by atoms with Crippen molar-refractivity contribution >= 4 is 0 Å². The van der Waals surface area contributed by atoms with Gasteiger partial charge in [-0.2, -0.15) is 0 Å². The molecule has 128 valence electrons. The molecule has 2 aromatic carbocycles. The van der Waals surface area contributed by atoms with Crippen molar-refractivity contribution in [1.29, 1.82) is 0 Å². The number of fused-ring (bicyclic) bond motifs is 1. The van der Waals surface area contributed by atoms with E-state index < -0.39 is 0 Å². The smallest absolute Gasteiger partial charge is 0.00637 e. The van der Waals surface area contributed by atoms with E-state index in [0.29, 0.717) is 11.3 Å². The van der Waals surface area contributed by atoms with Crippen LogP contribution < -0.4 is 0 Å². The van der Waals surface area contributed by atoms with Crippen LogP contribution >= 0.6 is 0 Å². The summed E-state index contributed by atoms with van der Waals surface area (Å²) in [6.07, 6.45) is 2.55. The van der Waals surface area contributed by atoms with Crippen LogP contribution in [0.4, 0.5) is 0 Å². The van der Waals surface area contributed by atoms with Crippen LogP contribution in [0.3, 0.4) is 0 Å². The molecule has 1 unspecified atom stereocenters. The maximum absolute atomic E-state index is 2.52. The zero-order valence-electron chi connectivity index (χ0n) is 16.5. The molecule has 0 amide bonds. The third kappa shape index (κ3) is 2.92. The Balaban J connectivity index is 2.12. The van der Waals surface area contributed by atoms with Crippen LogP contribution in [0.5, 0.6) is 0 Å². The van der Waals surface area contributed by atoms with Crippen LogP contribution in [0, 0.1) is 13.8 Å². The van der Waals surface area contributed by atoms with Gasteiger partial charge < -0.3 is 0 Å². The van der Waals surface area contributed by atoms with Crippen molar-refractivity contribution in [3.05, 3.63) is 69.8 Å². The van der Waals surface area contributed by atoms with E-state index in [1.165, 1.54) is 35.1 Å². The van der Waals surface area contributed by atoms with Gasteiger partial charge in [0.1, 0.15) is 0 Å². The van der Waals surface area contributed by atoms with Gasteiger partial charge in [-0.1, -0.05) is 76.6 Å². The Morgan fingerprint density at radius 2 is 1.29 bits per heavy atom. The molecule has 24 heavy (non-hydrogen) atoms. The SMILES string of the molecule is Cc1ccc(C(C)c2cc3c(cc2C)C(C)(C)CCC3(C)C)cc1. The minimum absolute atomic E-state index is 0.278. The highest BCUT2D eigenvalue weighted by Gasteiger charge is 2.37. The van der Waals surface area contributed by atoms with Crippen LogP contribution in [0.25, 0.3) is 0 Å². The summed E-state index contributed by atoms with van der Waals surface area (Å²) in [5, 5.41) is 0. The number of hydrogen-bond donors (Lipinski definition) is 0. The van der Waals surface area contributed by atoms with Gasteiger partial charge in [-0.15, -0.1) is 0 Å². The number of benzene rings is 2. The fourth-order valence-corrected chi connectivity index (χ4v) is 4.24. The lowest BCUT2D eigenvalue weighted by Crippen LogP contribution is -2.34. The van der Waals surface area contributed by atoms with Gasteiger partial charge >= 0.3 is 0 Å². The molecule has 1 aliphatic rings. The number of rotatable bonds is 2. The molecule has 2 aromatic rings. The van der Waals surface area contributed by atoms with E-state index in [-0.39, 0.29) is 5.41 Å². The summed E-state index contributed by atoms with van der Waals surface area (Å²) in [4.78, 5) is 0. The lowest BCUT2D eigenvalue weighted by molar-refractivity contribution is 0.331. The average Bonchev–Trinajstić information content (AvgIpc) is 2.52. The minimum atomic E-state index is 0.278. The first-order valence-corrected chi connectivity index (χ1v) is 9.34. The Bertz CT molecular complexity index is 744. The monoisotopic (exact) mass is 320 g/mol. The van der Waals surface area contributed by atoms with Crippen molar-refractivity contribution < 1.29 is 0 Å². The third-order valence-corrected chi connectivity index (χ3v) is 6.28. The van der Waals surface area contributed by atoms with E-state index in [1.807, 2.05) is 0 Å². The maximum atomic E-state index is 2.52. The summed E-state index contributed by atoms with van der Waals surface area (Å²) in [6, 6.07) is 14.0. The largest absolute Gasteiger partial charge is 0.0590 e. The highest BCUT2D eigenvalue weighted by molar-refractivity contribution is 5.49. The second-order valence-electron chi connectivity index (χ2n) is 9.15. The third-order valence-electron chi connectivity index (χ3n) is 6.28. The normalized spacial score (nSPS) is 19.6. The summed E-state index contributed by atoms with van der Waals surface area (Å²) in [5.41, 5.74) is 9.37. The standard InChI is InChI=1S/C24H32/c1-16-8-10-19(11-9-16)18(3)20-15-22-21(14-17(20)2)23(4,5)12-13-24(22,6)7/h8-11,14-15,18H,12-13H2,1-7H3. The molecule has 0 radical (unpaired) electrons. The summed E-state index contributed by atoms with van der Waals surface area (Å²) in [7, 11) is 0. The zero-order valence-corrected chi connectivity index (χ0v) is 16.5. The second kappa shape index (κ2) is 5.76. The van der Waals surface area contributed by atoms with Crippen LogP contribution in [0.15, 0.2) is 36.4 Å². The van der Waals surface area contributed by atoms with E-state index in [4.69, 9.17) is 0 Å². The van der Waals surface area contributed by atoms with E-state index in [2.05, 4.69) is 84.9 Å². The van der Waals surface area contributed by atoms with E-state index in [0.717, 1.165) is 0 Å². The fraction of sp³-hybridized carbons (Fsp3) is 0.500. The van der Waals surface area contributed by atoms with Crippen LogP contribution in [-0.4, -0.2) is 0 Å². The van der Waals surface area contributed by atoms with Crippen molar-refractivity contribution in [3.8, 4) is 0 Å². The van der Waals surface area contributed by atoms with Gasteiger partial charge in [0.25, 0.3) is 0 Å². The molecular weight excluding hydrogens is 288 g/mol.